The molecular weight excluding hydrogens is 372 g/mol. The minimum Gasteiger partial charge on any atom is -0.497 e. The van der Waals surface area contributed by atoms with Crippen LogP contribution >= 0.6 is 31.9 Å². The number of halogens is 2. The van der Waals surface area contributed by atoms with Gasteiger partial charge in [0.05, 0.1) is 18.0 Å². The van der Waals surface area contributed by atoms with Crippen LogP contribution in [0.3, 0.4) is 0 Å². The molecule has 100 valence electrons. The number of hydrogen-bond donors (Lipinski definition) is 0. The quantitative estimate of drug-likeness (QED) is 0.676. The molecule has 0 spiro atoms. The maximum atomic E-state index is 5.43. The van der Waals surface area contributed by atoms with Crippen molar-refractivity contribution in [3.8, 4) is 22.6 Å². The maximum absolute atomic E-state index is 5.43. The van der Waals surface area contributed by atoms with Crippen molar-refractivity contribution in [3.63, 3.8) is 0 Å². The molecule has 4 heteroatoms. The van der Waals surface area contributed by atoms with Gasteiger partial charge in [-0.15, -0.1) is 0 Å². The molecule has 0 heterocycles. The molecule has 0 radical (unpaired) electrons. The van der Waals surface area contributed by atoms with Crippen LogP contribution in [0.4, 0.5) is 0 Å². The van der Waals surface area contributed by atoms with Gasteiger partial charge in [-0.1, -0.05) is 56.1 Å². The van der Waals surface area contributed by atoms with E-state index in [1.54, 1.807) is 14.2 Å². The van der Waals surface area contributed by atoms with Crippen LogP contribution in [-0.4, -0.2) is 14.2 Å². The predicted octanol–water partition coefficient (Wildman–Crippen LogP) is 5.16. The molecule has 2 aromatic rings. The van der Waals surface area contributed by atoms with Gasteiger partial charge >= 0.3 is 0 Å². The molecule has 0 aliphatic carbocycles. The Morgan fingerprint density at radius 1 is 0.895 bits per heavy atom. The number of hydrogen-bond acceptors (Lipinski definition) is 2. The normalized spacial score (nSPS) is 10.6. The molecule has 2 nitrogen and oxygen atoms in total. The summed E-state index contributed by atoms with van der Waals surface area (Å²) in [6.07, 6.45) is 0. The molecule has 0 saturated heterocycles. The van der Waals surface area contributed by atoms with E-state index < -0.39 is 0 Å². The van der Waals surface area contributed by atoms with E-state index in [-0.39, 0.29) is 3.74 Å². The molecule has 2 aromatic carbocycles. The predicted molar refractivity (Wildman–Crippen MR) is 85.6 cm³/mol. The molecule has 0 bridgehead atoms. The third kappa shape index (κ3) is 3.31. The van der Waals surface area contributed by atoms with Crippen LogP contribution in [0.2, 0.25) is 0 Å². The monoisotopic (exact) mass is 384 g/mol. The van der Waals surface area contributed by atoms with Gasteiger partial charge in [0.15, 0.2) is 0 Å². The highest BCUT2D eigenvalue weighted by Gasteiger charge is 2.11. The van der Waals surface area contributed by atoms with Crippen LogP contribution in [0, 0.1) is 0 Å². The Hall–Kier alpha value is -1.00. The van der Waals surface area contributed by atoms with Gasteiger partial charge in [-0.05, 0) is 29.3 Å². The molecule has 19 heavy (non-hydrogen) atoms. The van der Waals surface area contributed by atoms with Crippen molar-refractivity contribution in [2.45, 2.75) is 3.74 Å². The Labute approximate surface area is 130 Å². The number of rotatable bonds is 4. The molecule has 0 fully saturated rings. The molecule has 0 unspecified atom stereocenters. The SMILES string of the molecule is COc1cccc(-c2ccc(C(Br)Br)c(OC)c2)c1. The molecule has 0 atom stereocenters. The van der Waals surface area contributed by atoms with E-state index in [0.29, 0.717) is 0 Å². The summed E-state index contributed by atoms with van der Waals surface area (Å²) in [6.45, 7) is 0. The van der Waals surface area contributed by atoms with Crippen molar-refractivity contribution in [2.75, 3.05) is 14.2 Å². The molecule has 0 aliphatic heterocycles. The Morgan fingerprint density at radius 2 is 1.63 bits per heavy atom. The van der Waals surface area contributed by atoms with Crippen LogP contribution in [0.5, 0.6) is 11.5 Å². The van der Waals surface area contributed by atoms with Crippen LogP contribution in [-0.2, 0) is 0 Å². The van der Waals surface area contributed by atoms with E-state index in [1.807, 2.05) is 30.3 Å². The summed E-state index contributed by atoms with van der Waals surface area (Å²) in [5.41, 5.74) is 3.26. The van der Waals surface area contributed by atoms with Crippen LogP contribution < -0.4 is 9.47 Å². The lowest BCUT2D eigenvalue weighted by molar-refractivity contribution is 0.411. The minimum absolute atomic E-state index is 0.0781. The number of ether oxygens (including phenoxy) is 2. The lowest BCUT2D eigenvalue weighted by Gasteiger charge is -2.12. The zero-order valence-corrected chi connectivity index (χ0v) is 13.9. The summed E-state index contributed by atoms with van der Waals surface area (Å²) in [4.78, 5) is 0. The molecule has 0 amide bonds. The average molecular weight is 386 g/mol. The summed E-state index contributed by atoms with van der Waals surface area (Å²) in [5.74, 6) is 1.69. The van der Waals surface area contributed by atoms with Gasteiger partial charge < -0.3 is 9.47 Å². The van der Waals surface area contributed by atoms with Gasteiger partial charge in [-0.2, -0.15) is 0 Å². The van der Waals surface area contributed by atoms with Crippen molar-refractivity contribution in [2.24, 2.45) is 0 Å². The standard InChI is InChI=1S/C15H14Br2O2/c1-18-12-5-3-4-10(8-12)11-6-7-13(15(16)17)14(9-11)19-2/h3-9,15H,1-2H3. The highest BCUT2D eigenvalue weighted by Crippen LogP contribution is 2.38. The van der Waals surface area contributed by atoms with Gasteiger partial charge in [-0.25, -0.2) is 0 Å². The lowest BCUT2D eigenvalue weighted by Crippen LogP contribution is -1.92. The first kappa shape index (κ1) is 14.4. The molecule has 0 saturated carbocycles. The third-order valence-corrected chi connectivity index (χ3v) is 3.86. The van der Waals surface area contributed by atoms with Gasteiger partial charge in [0, 0.05) is 5.56 Å². The summed E-state index contributed by atoms with van der Waals surface area (Å²) >= 11 is 6.99. The molecule has 2 rings (SSSR count). The molecule has 0 aliphatic rings. The summed E-state index contributed by atoms with van der Waals surface area (Å²) < 4.78 is 10.8. The van der Waals surface area contributed by atoms with Crippen molar-refractivity contribution in [1.29, 1.82) is 0 Å². The smallest absolute Gasteiger partial charge is 0.124 e. The number of methoxy groups -OCH3 is 2. The van der Waals surface area contributed by atoms with E-state index in [4.69, 9.17) is 9.47 Å². The summed E-state index contributed by atoms with van der Waals surface area (Å²) in [5, 5.41) is 0. The average Bonchev–Trinajstić information content (AvgIpc) is 2.46. The fourth-order valence-corrected chi connectivity index (χ4v) is 2.63. The topological polar surface area (TPSA) is 18.5 Å². The first-order chi connectivity index (χ1) is 9.15. The maximum Gasteiger partial charge on any atom is 0.124 e. The Morgan fingerprint density at radius 3 is 2.26 bits per heavy atom. The first-order valence-electron chi connectivity index (χ1n) is 5.76. The largest absolute Gasteiger partial charge is 0.497 e. The minimum atomic E-state index is 0.0781. The van der Waals surface area contributed by atoms with Crippen molar-refractivity contribution in [3.05, 3.63) is 48.0 Å². The highest BCUT2D eigenvalue weighted by atomic mass is 79.9. The van der Waals surface area contributed by atoms with Crippen LogP contribution in [0.25, 0.3) is 11.1 Å². The van der Waals surface area contributed by atoms with Gasteiger partial charge in [0.2, 0.25) is 0 Å². The van der Waals surface area contributed by atoms with Crippen molar-refractivity contribution in [1.82, 2.24) is 0 Å². The Kier molecular flexibility index (Phi) is 4.88. The van der Waals surface area contributed by atoms with Crippen LogP contribution in [0.15, 0.2) is 42.5 Å². The van der Waals surface area contributed by atoms with E-state index in [2.05, 4.69) is 44.0 Å². The zero-order chi connectivity index (χ0) is 13.8. The summed E-state index contributed by atoms with van der Waals surface area (Å²) in [7, 11) is 3.35. The van der Waals surface area contributed by atoms with E-state index in [1.165, 1.54) is 0 Å². The van der Waals surface area contributed by atoms with Crippen molar-refractivity contribution < 1.29 is 9.47 Å². The third-order valence-electron chi connectivity index (χ3n) is 2.87. The molecular formula is C15H14Br2O2. The first-order valence-corrected chi connectivity index (χ1v) is 7.59. The fraction of sp³-hybridized carbons (Fsp3) is 0.200. The van der Waals surface area contributed by atoms with Crippen LogP contribution in [0.1, 0.15) is 9.30 Å². The van der Waals surface area contributed by atoms with Gasteiger partial charge in [0.1, 0.15) is 11.5 Å². The second-order valence-corrected chi connectivity index (χ2v) is 7.05. The Bertz CT molecular complexity index is 568. The Balaban J connectivity index is 2.45. The molecule has 0 N–H and O–H groups in total. The van der Waals surface area contributed by atoms with E-state index >= 15 is 0 Å². The van der Waals surface area contributed by atoms with Crippen molar-refractivity contribution >= 4 is 31.9 Å². The molecule has 0 aromatic heterocycles. The van der Waals surface area contributed by atoms with E-state index in [0.717, 1.165) is 28.2 Å². The lowest BCUT2D eigenvalue weighted by atomic mass is 10.0. The number of alkyl halides is 2. The second-order valence-electron chi connectivity index (χ2n) is 3.99. The summed E-state index contributed by atoms with van der Waals surface area (Å²) in [6, 6.07) is 14.1. The second kappa shape index (κ2) is 6.44. The van der Waals surface area contributed by atoms with E-state index in [9.17, 15) is 0 Å². The fourth-order valence-electron chi connectivity index (χ4n) is 1.87. The van der Waals surface area contributed by atoms with Gasteiger partial charge in [-0.3, -0.25) is 0 Å². The number of benzene rings is 2. The van der Waals surface area contributed by atoms with Gasteiger partial charge in [0.25, 0.3) is 0 Å². The zero-order valence-electron chi connectivity index (χ0n) is 10.7. The highest BCUT2D eigenvalue weighted by molar-refractivity contribution is 9.24.